The minimum atomic E-state index is -0.326. The number of piperidine rings is 2. The van der Waals surface area contributed by atoms with Gasteiger partial charge in [0.1, 0.15) is 28.8 Å². The van der Waals surface area contributed by atoms with Crippen LogP contribution in [0.25, 0.3) is 17.2 Å². The number of anilines is 2. The van der Waals surface area contributed by atoms with Crippen LogP contribution in [0.5, 0.6) is 0 Å². The van der Waals surface area contributed by atoms with Gasteiger partial charge in [0.05, 0.1) is 18.9 Å². The number of rotatable bonds is 7. The zero-order valence-corrected chi connectivity index (χ0v) is 21.7. The molecule has 2 aliphatic heterocycles. The van der Waals surface area contributed by atoms with Crippen molar-refractivity contribution in [3.8, 4) is 11.5 Å². The van der Waals surface area contributed by atoms with Gasteiger partial charge in [0, 0.05) is 37.4 Å². The van der Waals surface area contributed by atoms with Crippen LogP contribution in [0.3, 0.4) is 0 Å². The zero-order chi connectivity index (χ0) is 25.9. The van der Waals surface area contributed by atoms with E-state index in [1.807, 2.05) is 18.2 Å². The van der Waals surface area contributed by atoms with Crippen LogP contribution < -0.4 is 15.5 Å². The van der Waals surface area contributed by atoms with Crippen molar-refractivity contribution in [2.75, 3.05) is 36.4 Å². The molecule has 9 heteroatoms. The number of nitrogens with zero attached hydrogens (tertiary/aromatic N) is 5. The molecule has 2 aliphatic rings. The van der Waals surface area contributed by atoms with Gasteiger partial charge in [-0.2, -0.15) is 0 Å². The number of halogens is 1. The Bertz CT molecular complexity index is 1380. The first-order valence-electron chi connectivity index (χ1n) is 13.5. The van der Waals surface area contributed by atoms with Crippen LogP contribution in [0.1, 0.15) is 36.8 Å². The fourth-order valence-electron chi connectivity index (χ4n) is 5.38. The molecule has 0 aliphatic carbocycles. The van der Waals surface area contributed by atoms with E-state index in [9.17, 15) is 4.39 Å². The number of benzene rings is 1. The van der Waals surface area contributed by atoms with E-state index in [0.717, 1.165) is 69.1 Å². The van der Waals surface area contributed by atoms with Crippen LogP contribution in [-0.4, -0.2) is 57.7 Å². The highest BCUT2D eigenvalue weighted by atomic mass is 19.1. The van der Waals surface area contributed by atoms with Crippen molar-refractivity contribution in [3.05, 3.63) is 71.8 Å². The van der Waals surface area contributed by atoms with Gasteiger partial charge in [0.2, 0.25) is 0 Å². The maximum absolute atomic E-state index is 14.1. The van der Waals surface area contributed by atoms with Gasteiger partial charge in [-0.15, -0.1) is 0 Å². The molecule has 0 amide bonds. The molecule has 6 rings (SSSR count). The van der Waals surface area contributed by atoms with Crippen molar-refractivity contribution in [2.45, 2.75) is 51.4 Å². The van der Waals surface area contributed by atoms with Crippen LogP contribution >= 0.6 is 0 Å². The number of ether oxygens (including phenoxy) is 1. The van der Waals surface area contributed by atoms with E-state index in [2.05, 4.69) is 39.6 Å². The van der Waals surface area contributed by atoms with E-state index in [0.29, 0.717) is 29.8 Å². The summed E-state index contributed by atoms with van der Waals surface area (Å²) in [5.74, 6) is 1.95. The molecule has 1 atom stereocenters. The van der Waals surface area contributed by atoms with E-state index >= 15 is 0 Å². The standard InChI is InChI=1S/C29H34FN7O/c1-20-27(33-23-8-5-13-31-16-23)34-28(25-17-32-26-10-9-22(30)18-37(25)26)35-29(20)36-14-11-24(12-15-36)38-19-21-6-3-2-4-7-21/h2-4,6-7,9-10,17-18,23-24,31H,5,8,11-16,19H2,1H3,(H,33,34,35). The van der Waals surface area contributed by atoms with Gasteiger partial charge in [-0.3, -0.25) is 4.40 Å². The maximum Gasteiger partial charge on any atom is 0.182 e. The summed E-state index contributed by atoms with van der Waals surface area (Å²) in [5, 5.41) is 7.14. The van der Waals surface area contributed by atoms with Gasteiger partial charge < -0.3 is 20.3 Å². The summed E-state index contributed by atoms with van der Waals surface area (Å²) in [6.45, 7) is 6.37. The largest absolute Gasteiger partial charge is 0.373 e. The summed E-state index contributed by atoms with van der Waals surface area (Å²) in [6.07, 6.45) is 7.47. The second-order valence-corrected chi connectivity index (χ2v) is 10.2. The molecule has 2 N–H and O–H groups in total. The molecule has 0 radical (unpaired) electrons. The summed E-state index contributed by atoms with van der Waals surface area (Å²) < 4.78 is 22.1. The molecule has 38 heavy (non-hydrogen) atoms. The minimum Gasteiger partial charge on any atom is -0.373 e. The van der Waals surface area contributed by atoms with Crippen LogP contribution in [0, 0.1) is 12.7 Å². The van der Waals surface area contributed by atoms with Crippen LogP contribution in [-0.2, 0) is 11.3 Å². The summed E-state index contributed by atoms with van der Waals surface area (Å²) in [6, 6.07) is 13.7. The van der Waals surface area contributed by atoms with Crippen LogP contribution in [0.4, 0.5) is 16.0 Å². The second kappa shape index (κ2) is 11.0. The van der Waals surface area contributed by atoms with E-state index in [1.165, 1.54) is 17.8 Å². The second-order valence-electron chi connectivity index (χ2n) is 10.2. The lowest BCUT2D eigenvalue weighted by atomic mass is 10.1. The molecule has 3 aromatic heterocycles. The highest BCUT2D eigenvalue weighted by Crippen LogP contribution is 2.31. The molecular weight excluding hydrogens is 481 g/mol. The van der Waals surface area contributed by atoms with Gasteiger partial charge in [0.15, 0.2) is 5.82 Å². The number of hydrogen-bond acceptors (Lipinski definition) is 7. The first-order chi connectivity index (χ1) is 18.6. The third kappa shape index (κ3) is 5.35. The predicted octanol–water partition coefficient (Wildman–Crippen LogP) is 4.59. The first kappa shape index (κ1) is 24.8. The summed E-state index contributed by atoms with van der Waals surface area (Å²) in [4.78, 5) is 16.8. The molecule has 0 bridgehead atoms. The zero-order valence-electron chi connectivity index (χ0n) is 21.7. The average molecular weight is 516 g/mol. The van der Waals surface area contributed by atoms with Crippen molar-refractivity contribution in [1.29, 1.82) is 0 Å². The van der Waals surface area contributed by atoms with Crippen molar-refractivity contribution in [3.63, 3.8) is 0 Å². The van der Waals surface area contributed by atoms with Crippen LogP contribution in [0.2, 0.25) is 0 Å². The molecule has 198 valence electrons. The van der Waals surface area contributed by atoms with E-state index < -0.39 is 0 Å². The highest BCUT2D eigenvalue weighted by Gasteiger charge is 2.26. The summed E-state index contributed by atoms with van der Waals surface area (Å²) in [5.41, 5.74) is 3.56. The van der Waals surface area contributed by atoms with Crippen molar-refractivity contribution in [2.24, 2.45) is 0 Å². The summed E-state index contributed by atoms with van der Waals surface area (Å²) >= 11 is 0. The van der Waals surface area contributed by atoms with Crippen molar-refractivity contribution < 1.29 is 9.13 Å². The molecule has 5 heterocycles. The Labute approximate surface area is 222 Å². The first-order valence-corrected chi connectivity index (χ1v) is 13.5. The number of hydrogen-bond donors (Lipinski definition) is 2. The fourth-order valence-corrected chi connectivity index (χ4v) is 5.38. The smallest absolute Gasteiger partial charge is 0.182 e. The SMILES string of the molecule is Cc1c(NC2CCCNC2)nc(-c2cnc3ccc(F)cn23)nc1N1CCC(OCc2ccccc2)CC1. The van der Waals surface area contributed by atoms with Crippen molar-refractivity contribution >= 4 is 17.3 Å². The Morgan fingerprint density at radius 3 is 2.71 bits per heavy atom. The Morgan fingerprint density at radius 2 is 1.92 bits per heavy atom. The lowest BCUT2D eigenvalue weighted by molar-refractivity contribution is 0.0250. The molecule has 2 saturated heterocycles. The number of aromatic nitrogens is 4. The van der Waals surface area contributed by atoms with E-state index in [-0.39, 0.29) is 11.9 Å². The number of imidazole rings is 1. The fraction of sp³-hybridized carbons (Fsp3) is 0.414. The lowest BCUT2D eigenvalue weighted by Crippen LogP contribution is -2.40. The average Bonchev–Trinajstić information content (AvgIpc) is 3.37. The third-order valence-corrected chi connectivity index (χ3v) is 7.53. The molecule has 0 saturated carbocycles. The molecule has 8 nitrogen and oxygen atoms in total. The lowest BCUT2D eigenvalue weighted by Gasteiger charge is -2.34. The highest BCUT2D eigenvalue weighted by molar-refractivity contribution is 5.66. The van der Waals surface area contributed by atoms with Crippen LogP contribution in [0.15, 0.2) is 54.9 Å². The number of nitrogens with one attached hydrogen (secondary N) is 2. The Balaban J connectivity index is 1.26. The molecule has 4 aromatic rings. The molecule has 1 aromatic carbocycles. The normalized spacial score (nSPS) is 18.7. The summed E-state index contributed by atoms with van der Waals surface area (Å²) in [7, 11) is 0. The topological polar surface area (TPSA) is 79.6 Å². The maximum atomic E-state index is 14.1. The Hall–Kier alpha value is -3.56. The van der Waals surface area contributed by atoms with Gasteiger partial charge in [-0.05, 0) is 56.8 Å². The van der Waals surface area contributed by atoms with E-state index in [1.54, 1.807) is 16.7 Å². The predicted molar refractivity (Wildman–Crippen MR) is 147 cm³/mol. The number of pyridine rings is 1. The minimum absolute atomic E-state index is 0.223. The van der Waals surface area contributed by atoms with Crippen molar-refractivity contribution in [1.82, 2.24) is 24.7 Å². The molecular formula is C29H34FN7O. The molecule has 1 unspecified atom stereocenters. The monoisotopic (exact) mass is 515 g/mol. The molecule has 0 spiro atoms. The number of fused-ring (bicyclic) bond motifs is 1. The molecule has 2 fully saturated rings. The van der Waals surface area contributed by atoms with Gasteiger partial charge in [0.25, 0.3) is 0 Å². The Morgan fingerprint density at radius 1 is 1.08 bits per heavy atom. The van der Waals surface area contributed by atoms with Gasteiger partial charge >= 0.3 is 0 Å². The van der Waals surface area contributed by atoms with E-state index in [4.69, 9.17) is 14.7 Å². The Kier molecular flexibility index (Phi) is 7.20. The van der Waals surface area contributed by atoms with Gasteiger partial charge in [-0.25, -0.2) is 19.3 Å². The quantitative estimate of drug-likeness (QED) is 0.373. The van der Waals surface area contributed by atoms with Gasteiger partial charge in [-0.1, -0.05) is 30.3 Å². The third-order valence-electron chi connectivity index (χ3n) is 7.53.